The highest BCUT2D eigenvalue weighted by Gasteiger charge is 2.23. The summed E-state index contributed by atoms with van der Waals surface area (Å²) in [6.07, 6.45) is -0.665. The van der Waals surface area contributed by atoms with E-state index in [9.17, 15) is 18.0 Å². The molecule has 0 heterocycles. The molecular weight excluding hydrogens is 227 g/mol. The minimum atomic E-state index is -1.73. The SMILES string of the molecule is NC(CC(=O)O)c1cc(F)c(F)c(O)c1F. The zero-order chi connectivity index (χ0) is 12.5. The maximum absolute atomic E-state index is 13.2. The first-order valence-electron chi connectivity index (χ1n) is 4.18. The Bertz CT molecular complexity index is 436. The van der Waals surface area contributed by atoms with Crippen LogP contribution in [0.4, 0.5) is 13.2 Å². The molecule has 0 spiro atoms. The molecule has 0 aliphatic carbocycles. The van der Waals surface area contributed by atoms with E-state index in [1.165, 1.54) is 0 Å². The van der Waals surface area contributed by atoms with Gasteiger partial charge in [0.1, 0.15) is 0 Å². The second-order valence-corrected chi connectivity index (χ2v) is 3.13. The molecule has 1 aromatic carbocycles. The van der Waals surface area contributed by atoms with Crippen LogP contribution in [-0.2, 0) is 4.79 Å². The smallest absolute Gasteiger partial charge is 0.305 e. The topological polar surface area (TPSA) is 83.6 Å². The number of carboxylic acid groups (broad SMARTS) is 1. The fourth-order valence-electron chi connectivity index (χ4n) is 1.18. The van der Waals surface area contributed by atoms with Gasteiger partial charge < -0.3 is 15.9 Å². The Morgan fingerprint density at radius 2 is 1.94 bits per heavy atom. The van der Waals surface area contributed by atoms with E-state index < -0.39 is 47.2 Å². The highest BCUT2D eigenvalue weighted by atomic mass is 19.2. The van der Waals surface area contributed by atoms with Crippen LogP contribution in [0.3, 0.4) is 0 Å². The summed E-state index contributed by atoms with van der Waals surface area (Å²) in [6, 6.07) is -0.934. The Balaban J connectivity index is 3.19. The lowest BCUT2D eigenvalue weighted by molar-refractivity contribution is -0.137. The van der Waals surface area contributed by atoms with Crippen LogP contribution in [0, 0.1) is 17.5 Å². The van der Waals surface area contributed by atoms with Gasteiger partial charge in [-0.3, -0.25) is 4.79 Å². The third-order valence-electron chi connectivity index (χ3n) is 1.96. The summed E-state index contributed by atoms with van der Waals surface area (Å²) in [4.78, 5) is 10.3. The van der Waals surface area contributed by atoms with Crippen molar-refractivity contribution < 1.29 is 28.2 Å². The molecule has 1 aromatic rings. The van der Waals surface area contributed by atoms with Gasteiger partial charge >= 0.3 is 5.97 Å². The number of carboxylic acids is 1. The number of hydrogen-bond acceptors (Lipinski definition) is 3. The number of phenols is 1. The Hall–Kier alpha value is -1.76. The van der Waals surface area contributed by atoms with Crippen LogP contribution in [0.25, 0.3) is 0 Å². The van der Waals surface area contributed by atoms with Crippen LogP contribution < -0.4 is 5.73 Å². The number of phenolic OH excluding ortho intramolecular Hbond substituents is 1. The molecule has 0 aliphatic heterocycles. The highest BCUT2D eigenvalue weighted by Crippen LogP contribution is 2.29. The van der Waals surface area contributed by atoms with Crippen LogP contribution in [0.1, 0.15) is 18.0 Å². The van der Waals surface area contributed by atoms with Crippen molar-refractivity contribution in [2.24, 2.45) is 5.73 Å². The molecule has 0 bridgehead atoms. The average molecular weight is 235 g/mol. The highest BCUT2D eigenvalue weighted by molar-refractivity contribution is 5.68. The van der Waals surface area contributed by atoms with Crippen molar-refractivity contribution in [2.45, 2.75) is 12.5 Å². The Labute approximate surface area is 88.1 Å². The molecular formula is C9H8F3NO3. The van der Waals surface area contributed by atoms with Gasteiger partial charge in [0, 0.05) is 11.6 Å². The standard InChI is InChI=1S/C9H8F3NO3/c10-4-1-3(5(13)2-6(14)15)7(11)9(16)8(4)12/h1,5,16H,2,13H2,(H,14,15). The number of hydrogen-bond donors (Lipinski definition) is 3. The van der Waals surface area contributed by atoms with E-state index in [1.54, 1.807) is 0 Å². The second kappa shape index (κ2) is 4.40. The van der Waals surface area contributed by atoms with Crippen molar-refractivity contribution in [3.63, 3.8) is 0 Å². The first-order chi connectivity index (χ1) is 7.34. The summed E-state index contributed by atoms with van der Waals surface area (Å²) in [5.41, 5.74) is 4.68. The van der Waals surface area contributed by atoms with Gasteiger partial charge in [0.05, 0.1) is 6.42 Å². The summed E-state index contributed by atoms with van der Waals surface area (Å²) in [5, 5.41) is 17.3. The fourth-order valence-corrected chi connectivity index (χ4v) is 1.18. The number of aliphatic carboxylic acids is 1. The number of rotatable bonds is 3. The predicted molar refractivity (Wildman–Crippen MR) is 47.2 cm³/mol. The predicted octanol–water partition coefficient (Wildman–Crippen LogP) is 1.28. The summed E-state index contributed by atoms with van der Waals surface area (Å²) in [7, 11) is 0. The monoisotopic (exact) mass is 235 g/mol. The van der Waals surface area contributed by atoms with Crippen molar-refractivity contribution in [1.82, 2.24) is 0 Å². The van der Waals surface area contributed by atoms with Gasteiger partial charge in [0.25, 0.3) is 0 Å². The Morgan fingerprint density at radius 3 is 2.44 bits per heavy atom. The molecule has 0 aromatic heterocycles. The summed E-state index contributed by atoms with van der Waals surface area (Å²) in [6.45, 7) is 0. The maximum Gasteiger partial charge on any atom is 0.305 e. The first-order valence-corrected chi connectivity index (χ1v) is 4.18. The first kappa shape index (κ1) is 12.3. The molecule has 0 radical (unpaired) electrons. The molecule has 0 amide bonds. The van der Waals surface area contributed by atoms with Crippen molar-refractivity contribution >= 4 is 5.97 Å². The molecule has 4 nitrogen and oxygen atoms in total. The molecule has 0 aliphatic rings. The van der Waals surface area contributed by atoms with Crippen molar-refractivity contribution in [3.05, 3.63) is 29.1 Å². The second-order valence-electron chi connectivity index (χ2n) is 3.13. The lowest BCUT2D eigenvalue weighted by atomic mass is 10.0. The van der Waals surface area contributed by atoms with Gasteiger partial charge in [0.2, 0.25) is 5.82 Å². The molecule has 16 heavy (non-hydrogen) atoms. The largest absolute Gasteiger partial charge is 0.503 e. The summed E-state index contributed by atoms with van der Waals surface area (Å²) >= 11 is 0. The summed E-state index contributed by atoms with van der Waals surface area (Å²) in [5.74, 6) is -7.50. The number of benzene rings is 1. The lowest BCUT2D eigenvalue weighted by Crippen LogP contribution is -2.17. The van der Waals surface area contributed by atoms with Crippen LogP contribution in [0.2, 0.25) is 0 Å². The minimum Gasteiger partial charge on any atom is -0.503 e. The Kier molecular flexibility index (Phi) is 3.38. The van der Waals surface area contributed by atoms with Crippen molar-refractivity contribution in [3.8, 4) is 5.75 Å². The van der Waals surface area contributed by atoms with Gasteiger partial charge in [-0.25, -0.2) is 8.78 Å². The zero-order valence-electron chi connectivity index (χ0n) is 7.88. The third kappa shape index (κ3) is 2.25. The number of nitrogens with two attached hydrogens (primary N) is 1. The normalized spacial score (nSPS) is 12.5. The molecule has 7 heteroatoms. The molecule has 1 rings (SSSR count). The lowest BCUT2D eigenvalue weighted by Gasteiger charge is -2.12. The zero-order valence-corrected chi connectivity index (χ0v) is 7.88. The quantitative estimate of drug-likeness (QED) is 0.689. The molecule has 1 unspecified atom stereocenters. The van der Waals surface area contributed by atoms with Crippen molar-refractivity contribution in [2.75, 3.05) is 0 Å². The van der Waals surface area contributed by atoms with Crippen LogP contribution >= 0.6 is 0 Å². The van der Waals surface area contributed by atoms with Crippen molar-refractivity contribution in [1.29, 1.82) is 0 Å². The molecule has 0 saturated heterocycles. The van der Waals surface area contributed by atoms with Crippen LogP contribution in [0.5, 0.6) is 5.75 Å². The van der Waals surface area contributed by atoms with E-state index in [1.807, 2.05) is 0 Å². The van der Waals surface area contributed by atoms with Crippen LogP contribution in [-0.4, -0.2) is 16.2 Å². The van der Waals surface area contributed by atoms with Gasteiger partial charge in [-0.05, 0) is 6.07 Å². The van der Waals surface area contributed by atoms with Crippen LogP contribution in [0.15, 0.2) is 6.07 Å². The molecule has 4 N–H and O–H groups in total. The van der Waals surface area contributed by atoms with E-state index in [4.69, 9.17) is 15.9 Å². The molecule has 0 fully saturated rings. The summed E-state index contributed by atoms with van der Waals surface area (Å²) < 4.78 is 38.7. The van der Waals surface area contributed by atoms with E-state index >= 15 is 0 Å². The average Bonchev–Trinajstić information content (AvgIpc) is 2.19. The van der Waals surface area contributed by atoms with E-state index in [0.29, 0.717) is 6.07 Å². The minimum absolute atomic E-state index is 0.429. The van der Waals surface area contributed by atoms with Gasteiger partial charge in [-0.1, -0.05) is 0 Å². The number of aromatic hydroxyl groups is 1. The fraction of sp³-hybridized carbons (Fsp3) is 0.222. The van der Waals surface area contributed by atoms with Gasteiger partial charge in [0.15, 0.2) is 17.4 Å². The maximum atomic E-state index is 13.2. The molecule has 1 atom stereocenters. The van der Waals surface area contributed by atoms with Gasteiger partial charge in [-0.2, -0.15) is 4.39 Å². The number of carbonyl (C=O) groups is 1. The third-order valence-corrected chi connectivity index (χ3v) is 1.96. The number of halogens is 3. The van der Waals surface area contributed by atoms with Gasteiger partial charge in [-0.15, -0.1) is 0 Å². The van der Waals surface area contributed by atoms with E-state index in [-0.39, 0.29) is 0 Å². The van der Waals surface area contributed by atoms with E-state index in [0.717, 1.165) is 0 Å². The molecule has 0 saturated carbocycles. The van der Waals surface area contributed by atoms with E-state index in [2.05, 4.69) is 0 Å². The molecule has 88 valence electrons. The Morgan fingerprint density at radius 1 is 1.38 bits per heavy atom.